The molecule has 0 aliphatic heterocycles. The van der Waals surface area contributed by atoms with E-state index < -0.39 is 6.67 Å². The lowest BCUT2D eigenvalue weighted by Crippen LogP contribution is -2.19. The van der Waals surface area contributed by atoms with Crippen molar-refractivity contribution in [1.29, 1.82) is 0 Å². The van der Waals surface area contributed by atoms with Crippen LogP contribution in [0.1, 0.15) is 0 Å². The van der Waals surface area contributed by atoms with Gasteiger partial charge in [-0.2, -0.15) is 0 Å². The first-order valence-corrected chi connectivity index (χ1v) is 5.21. The highest BCUT2D eigenvalue weighted by atomic mass is 19.1. The van der Waals surface area contributed by atoms with Crippen molar-refractivity contribution in [1.82, 2.24) is 4.90 Å². The number of likely N-dealkylation sites (N-methyl/N-ethyl adjacent to an activating group) is 1. The Morgan fingerprint density at radius 3 is 1.73 bits per heavy atom. The molecule has 0 amide bonds. The van der Waals surface area contributed by atoms with Crippen molar-refractivity contribution in [3.05, 3.63) is 0 Å². The Kier molecular flexibility index (Phi) is 11.7. The van der Waals surface area contributed by atoms with Gasteiger partial charge in [-0.25, -0.2) is 4.39 Å². The van der Waals surface area contributed by atoms with E-state index in [1.165, 1.54) is 0 Å². The van der Waals surface area contributed by atoms with Crippen molar-refractivity contribution in [3.8, 4) is 0 Å². The molecule has 15 heavy (non-hydrogen) atoms. The van der Waals surface area contributed by atoms with Crippen molar-refractivity contribution in [3.63, 3.8) is 0 Å². The zero-order valence-corrected chi connectivity index (χ0v) is 9.71. The summed E-state index contributed by atoms with van der Waals surface area (Å²) in [5.41, 5.74) is 0. The third kappa shape index (κ3) is 13.8. The molecule has 0 saturated carbocycles. The Hall–Kier alpha value is -0.230. The predicted octanol–water partition coefficient (Wildman–Crippen LogP) is 0.567. The zero-order chi connectivity index (χ0) is 11.4. The van der Waals surface area contributed by atoms with E-state index >= 15 is 0 Å². The fraction of sp³-hybridized carbons (Fsp3) is 1.00. The van der Waals surface area contributed by atoms with Crippen molar-refractivity contribution in [2.24, 2.45) is 0 Å². The molecule has 0 aliphatic rings. The molecule has 0 aromatic rings. The molecule has 0 bridgehead atoms. The van der Waals surface area contributed by atoms with E-state index in [0.29, 0.717) is 33.0 Å². The number of hydrogen-bond donors (Lipinski definition) is 0. The number of hydrogen-bond acceptors (Lipinski definition) is 4. The third-order valence-electron chi connectivity index (χ3n) is 1.65. The van der Waals surface area contributed by atoms with Crippen LogP contribution in [0.25, 0.3) is 0 Å². The van der Waals surface area contributed by atoms with E-state index in [1.54, 1.807) is 0 Å². The molecule has 0 atom stereocenters. The van der Waals surface area contributed by atoms with Crippen LogP contribution in [-0.4, -0.2) is 71.9 Å². The van der Waals surface area contributed by atoms with E-state index in [-0.39, 0.29) is 6.61 Å². The molecule has 0 aromatic heterocycles. The third-order valence-corrected chi connectivity index (χ3v) is 1.65. The van der Waals surface area contributed by atoms with Crippen LogP contribution in [0.4, 0.5) is 4.39 Å². The Morgan fingerprint density at radius 1 is 0.800 bits per heavy atom. The van der Waals surface area contributed by atoms with Crippen LogP contribution in [0.3, 0.4) is 0 Å². The van der Waals surface area contributed by atoms with Gasteiger partial charge in [0, 0.05) is 6.54 Å². The van der Waals surface area contributed by atoms with Crippen molar-refractivity contribution in [2.75, 3.05) is 67.0 Å². The Labute approximate surface area is 91.3 Å². The summed E-state index contributed by atoms with van der Waals surface area (Å²) in [7, 11) is 4.00. The zero-order valence-electron chi connectivity index (χ0n) is 9.71. The van der Waals surface area contributed by atoms with Crippen LogP contribution in [0, 0.1) is 0 Å². The van der Waals surface area contributed by atoms with Crippen molar-refractivity contribution >= 4 is 0 Å². The van der Waals surface area contributed by atoms with E-state index in [0.717, 1.165) is 6.54 Å². The van der Waals surface area contributed by atoms with Gasteiger partial charge in [-0.3, -0.25) is 0 Å². The molecular weight excluding hydrogens is 201 g/mol. The lowest BCUT2D eigenvalue weighted by Gasteiger charge is -2.09. The second-order valence-corrected chi connectivity index (χ2v) is 3.33. The topological polar surface area (TPSA) is 30.9 Å². The summed E-state index contributed by atoms with van der Waals surface area (Å²) in [6.07, 6.45) is 0. The number of rotatable bonds is 11. The highest BCUT2D eigenvalue weighted by Crippen LogP contribution is 1.82. The Morgan fingerprint density at radius 2 is 1.27 bits per heavy atom. The van der Waals surface area contributed by atoms with E-state index in [1.807, 2.05) is 14.1 Å². The number of halogens is 1. The fourth-order valence-electron chi connectivity index (χ4n) is 0.844. The van der Waals surface area contributed by atoms with E-state index in [9.17, 15) is 4.39 Å². The van der Waals surface area contributed by atoms with E-state index in [4.69, 9.17) is 14.2 Å². The normalized spacial score (nSPS) is 11.2. The van der Waals surface area contributed by atoms with Crippen LogP contribution in [0.2, 0.25) is 0 Å². The van der Waals surface area contributed by atoms with Crippen LogP contribution >= 0.6 is 0 Å². The first-order valence-electron chi connectivity index (χ1n) is 5.21. The van der Waals surface area contributed by atoms with Gasteiger partial charge in [0.25, 0.3) is 0 Å². The summed E-state index contributed by atoms with van der Waals surface area (Å²) in [6.45, 7) is 3.45. The minimum absolute atomic E-state index is 0.155. The molecular formula is C10H22FNO3. The second kappa shape index (κ2) is 11.8. The van der Waals surface area contributed by atoms with Gasteiger partial charge < -0.3 is 19.1 Å². The van der Waals surface area contributed by atoms with Crippen LogP contribution in [0.5, 0.6) is 0 Å². The summed E-state index contributed by atoms with van der Waals surface area (Å²) in [5.74, 6) is 0. The maximum absolute atomic E-state index is 11.6. The number of alkyl halides is 1. The molecule has 0 rings (SSSR count). The van der Waals surface area contributed by atoms with Crippen LogP contribution in [0.15, 0.2) is 0 Å². The molecule has 0 unspecified atom stereocenters. The van der Waals surface area contributed by atoms with Crippen molar-refractivity contribution < 1.29 is 18.6 Å². The van der Waals surface area contributed by atoms with Gasteiger partial charge in [-0.1, -0.05) is 0 Å². The van der Waals surface area contributed by atoms with Crippen LogP contribution < -0.4 is 0 Å². The number of nitrogens with zero attached hydrogens (tertiary/aromatic N) is 1. The van der Waals surface area contributed by atoms with Gasteiger partial charge in [0.2, 0.25) is 0 Å². The summed E-state index contributed by atoms with van der Waals surface area (Å²) in [5, 5.41) is 0. The Bertz CT molecular complexity index is 125. The summed E-state index contributed by atoms with van der Waals surface area (Å²) in [4.78, 5) is 2.06. The lowest BCUT2D eigenvalue weighted by atomic mass is 10.6. The smallest absolute Gasteiger partial charge is 0.113 e. The molecule has 92 valence electrons. The highest BCUT2D eigenvalue weighted by Gasteiger charge is 1.92. The van der Waals surface area contributed by atoms with Gasteiger partial charge >= 0.3 is 0 Å². The molecule has 0 heterocycles. The average Bonchev–Trinajstić information content (AvgIpc) is 2.20. The standard InChI is InChI=1S/C10H22FNO3/c1-12(2)4-6-14-8-10-15-9-7-13-5-3-11/h3-10H2,1-2H3. The summed E-state index contributed by atoms with van der Waals surface area (Å²) >= 11 is 0. The van der Waals surface area contributed by atoms with Crippen molar-refractivity contribution in [2.45, 2.75) is 0 Å². The second-order valence-electron chi connectivity index (χ2n) is 3.33. The molecule has 0 radical (unpaired) electrons. The first kappa shape index (κ1) is 14.8. The maximum atomic E-state index is 11.6. The Balaban J connectivity index is 2.87. The summed E-state index contributed by atoms with van der Waals surface area (Å²) < 4.78 is 27.0. The molecule has 0 saturated heterocycles. The van der Waals surface area contributed by atoms with Gasteiger partial charge in [0.05, 0.1) is 39.6 Å². The van der Waals surface area contributed by atoms with Crippen LogP contribution in [-0.2, 0) is 14.2 Å². The quantitative estimate of drug-likeness (QED) is 0.479. The molecule has 5 heteroatoms. The number of ether oxygens (including phenoxy) is 3. The predicted molar refractivity (Wildman–Crippen MR) is 57.0 cm³/mol. The lowest BCUT2D eigenvalue weighted by molar-refractivity contribution is 0.0103. The van der Waals surface area contributed by atoms with E-state index in [2.05, 4.69) is 4.90 Å². The first-order chi connectivity index (χ1) is 7.27. The molecule has 4 nitrogen and oxygen atoms in total. The molecule has 0 aromatic carbocycles. The summed E-state index contributed by atoms with van der Waals surface area (Å²) in [6, 6.07) is 0. The monoisotopic (exact) mass is 223 g/mol. The maximum Gasteiger partial charge on any atom is 0.113 e. The van der Waals surface area contributed by atoms with Gasteiger partial charge in [0.1, 0.15) is 6.67 Å². The minimum Gasteiger partial charge on any atom is -0.378 e. The van der Waals surface area contributed by atoms with Gasteiger partial charge in [-0.15, -0.1) is 0 Å². The molecule has 0 N–H and O–H groups in total. The minimum atomic E-state index is -0.437. The molecule has 0 fully saturated rings. The molecule has 0 spiro atoms. The van der Waals surface area contributed by atoms with Gasteiger partial charge in [0.15, 0.2) is 0 Å². The molecule has 0 aliphatic carbocycles. The SMILES string of the molecule is CN(C)CCOCCOCCOCCF. The average molecular weight is 223 g/mol. The fourth-order valence-corrected chi connectivity index (χ4v) is 0.844. The van der Waals surface area contributed by atoms with Gasteiger partial charge in [-0.05, 0) is 14.1 Å². The largest absolute Gasteiger partial charge is 0.378 e. The highest BCUT2D eigenvalue weighted by molar-refractivity contribution is 4.40.